The lowest BCUT2D eigenvalue weighted by atomic mass is 10.1. The molecule has 3 nitrogen and oxygen atoms in total. The Kier molecular flexibility index (Phi) is 3.56. The minimum Gasteiger partial charge on any atom is -0.508 e. The SMILES string of the molecule is O=C1O/C(=C\c2cccc(O)c2)C=C1Cc1ccccc1. The molecule has 2 aromatic carbocycles. The van der Waals surface area contributed by atoms with E-state index in [0.717, 1.165) is 11.1 Å². The van der Waals surface area contributed by atoms with Gasteiger partial charge in [0, 0.05) is 12.0 Å². The lowest BCUT2D eigenvalue weighted by molar-refractivity contribution is -0.133. The normalized spacial score (nSPS) is 15.9. The third kappa shape index (κ3) is 3.20. The van der Waals surface area contributed by atoms with Gasteiger partial charge < -0.3 is 9.84 Å². The van der Waals surface area contributed by atoms with Crippen molar-refractivity contribution in [1.82, 2.24) is 0 Å². The zero-order chi connectivity index (χ0) is 14.7. The fraction of sp³-hybridized carbons (Fsp3) is 0.0556. The van der Waals surface area contributed by atoms with Gasteiger partial charge in [0.15, 0.2) is 0 Å². The molecule has 0 amide bonds. The van der Waals surface area contributed by atoms with E-state index in [9.17, 15) is 9.90 Å². The molecule has 21 heavy (non-hydrogen) atoms. The third-order valence-corrected chi connectivity index (χ3v) is 3.21. The van der Waals surface area contributed by atoms with Gasteiger partial charge in [-0.1, -0.05) is 42.5 Å². The van der Waals surface area contributed by atoms with Gasteiger partial charge in [-0.2, -0.15) is 0 Å². The standard InChI is InChI=1S/C18H14O3/c19-16-8-4-7-14(10-16)11-17-12-15(18(20)21-17)9-13-5-2-1-3-6-13/h1-8,10-12,19H,9H2/b17-11-. The van der Waals surface area contributed by atoms with E-state index in [1.807, 2.05) is 36.4 Å². The van der Waals surface area contributed by atoms with Crippen LogP contribution in [0.2, 0.25) is 0 Å². The monoisotopic (exact) mass is 278 g/mol. The van der Waals surface area contributed by atoms with Gasteiger partial charge in [0.25, 0.3) is 0 Å². The Morgan fingerprint density at radius 3 is 2.62 bits per heavy atom. The number of rotatable bonds is 3. The molecule has 0 unspecified atom stereocenters. The van der Waals surface area contributed by atoms with Crippen LogP contribution in [0.3, 0.4) is 0 Å². The van der Waals surface area contributed by atoms with Gasteiger partial charge >= 0.3 is 5.97 Å². The van der Waals surface area contributed by atoms with E-state index in [1.165, 1.54) is 0 Å². The first-order valence-electron chi connectivity index (χ1n) is 6.68. The Morgan fingerprint density at radius 2 is 1.86 bits per heavy atom. The average molecular weight is 278 g/mol. The lowest BCUT2D eigenvalue weighted by Gasteiger charge is -1.99. The van der Waals surface area contributed by atoms with Crippen molar-refractivity contribution in [3.05, 3.63) is 83.1 Å². The Morgan fingerprint density at radius 1 is 1.05 bits per heavy atom. The highest BCUT2D eigenvalue weighted by Crippen LogP contribution is 2.23. The number of benzene rings is 2. The van der Waals surface area contributed by atoms with Crippen LogP contribution in [0.1, 0.15) is 11.1 Å². The summed E-state index contributed by atoms with van der Waals surface area (Å²) in [6.07, 6.45) is 4.03. The zero-order valence-electron chi connectivity index (χ0n) is 11.3. The number of ether oxygens (including phenoxy) is 1. The maximum absolute atomic E-state index is 11.9. The van der Waals surface area contributed by atoms with Crippen LogP contribution in [0.5, 0.6) is 5.75 Å². The minimum absolute atomic E-state index is 0.183. The molecule has 104 valence electrons. The van der Waals surface area contributed by atoms with Crippen molar-refractivity contribution in [2.75, 3.05) is 0 Å². The molecule has 1 aliphatic rings. The fourth-order valence-electron chi connectivity index (χ4n) is 2.22. The van der Waals surface area contributed by atoms with Gasteiger partial charge in [0.05, 0.1) is 0 Å². The summed E-state index contributed by atoms with van der Waals surface area (Å²) in [7, 11) is 0. The second-order valence-corrected chi connectivity index (χ2v) is 4.86. The zero-order valence-corrected chi connectivity index (χ0v) is 11.3. The molecule has 0 bridgehead atoms. The van der Waals surface area contributed by atoms with Crippen molar-refractivity contribution >= 4 is 12.0 Å². The first-order valence-corrected chi connectivity index (χ1v) is 6.68. The summed E-state index contributed by atoms with van der Waals surface area (Å²) in [4.78, 5) is 11.9. The van der Waals surface area contributed by atoms with Crippen LogP contribution in [0.4, 0.5) is 0 Å². The number of hydrogen-bond donors (Lipinski definition) is 1. The maximum atomic E-state index is 11.9. The molecule has 1 N–H and O–H groups in total. The number of phenolic OH excluding ortho intramolecular Hbond substituents is 1. The van der Waals surface area contributed by atoms with Crippen molar-refractivity contribution in [2.45, 2.75) is 6.42 Å². The Balaban J connectivity index is 1.82. The Labute approximate surface area is 122 Å². The highest BCUT2D eigenvalue weighted by molar-refractivity contribution is 5.94. The van der Waals surface area contributed by atoms with Gasteiger partial charge in [-0.25, -0.2) is 4.79 Å². The molecule has 0 aromatic heterocycles. The third-order valence-electron chi connectivity index (χ3n) is 3.21. The van der Waals surface area contributed by atoms with Crippen molar-refractivity contribution in [3.63, 3.8) is 0 Å². The van der Waals surface area contributed by atoms with E-state index in [1.54, 1.807) is 30.4 Å². The Bertz CT molecular complexity index is 727. The van der Waals surface area contributed by atoms with Crippen molar-refractivity contribution < 1.29 is 14.6 Å². The van der Waals surface area contributed by atoms with Gasteiger partial charge in [0.2, 0.25) is 0 Å². The van der Waals surface area contributed by atoms with E-state index in [4.69, 9.17) is 4.74 Å². The first-order chi connectivity index (χ1) is 10.2. The summed E-state index contributed by atoms with van der Waals surface area (Å²) in [6.45, 7) is 0. The molecule has 0 saturated carbocycles. The summed E-state index contributed by atoms with van der Waals surface area (Å²) in [5.41, 5.74) is 2.49. The molecule has 2 aromatic rings. The summed E-state index contributed by atoms with van der Waals surface area (Å²) >= 11 is 0. The van der Waals surface area contributed by atoms with Gasteiger partial charge in [0.1, 0.15) is 11.5 Å². The summed E-state index contributed by atoms with van der Waals surface area (Å²) in [5.74, 6) is 0.365. The largest absolute Gasteiger partial charge is 0.508 e. The second-order valence-electron chi connectivity index (χ2n) is 4.86. The summed E-state index contributed by atoms with van der Waals surface area (Å²) in [6, 6.07) is 16.6. The van der Waals surface area contributed by atoms with E-state index in [0.29, 0.717) is 17.8 Å². The highest BCUT2D eigenvalue weighted by Gasteiger charge is 2.21. The van der Waals surface area contributed by atoms with Crippen molar-refractivity contribution in [1.29, 1.82) is 0 Å². The maximum Gasteiger partial charge on any atom is 0.339 e. The fourth-order valence-corrected chi connectivity index (χ4v) is 2.22. The van der Waals surface area contributed by atoms with Gasteiger partial charge in [-0.15, -0.1) is 0 Å². The lowest BCUT2D eigenvalue weighted by Crippen LogP contribution is -2.01. The first kappa shape index (κ1) is 13.2. The van der Waals surface area contributed by atoms with Crippen LogP contribution >= 0.6 is 0 Å². The molecule has 0 spiro atoms. The Hall–Kier alpha value is -2.81. The average Bonchev–Trinajstić information content (AvgIpc) is 2.80. The number of allylic oxidation sites excluding steroid dienone is 1. The highest BCUT2D eigenvalue weighted by atomic mass is 16.5. The number of aromatic hydroxyl groups is 1. The quantitative estimate of drug-likeness (QED) is 0.875. The molecule has 0 atom stereocenters. The predicted molar refractivity (Wildman–Crippen MR) is 80.4 cm³/mol. The van der Waals surface area contributed by atoms with Crippen molar-refractivity contribution in [2.24, 2.45) is 0 Å². The number of cyclic esters (lactones) is 1. The van der Waals surface area contributed by atoms with E-state index in [2.05, 4.69) is 0 Å². The van der Waals surface area contributed by atoms with Crippen LogP contribution < -0.4 is 0 Å². The second kappa shape index (κ2) is 5.67. The summed E-state index contributed by atoms with van der Waals surface area (Å²) < 4.78 is 5.24. The number of hydrogen-bond acceptors (Lipinski definition) is 3. The topological polar surface area (TPSA) is 46.5 Å². The molecule has 1 aliphatic heterocycles. The number of phenols is 1. The molecule has 0 aliphatic carbocycles. The van der Waals surface area contributed by atoms with E-state index >= 15 is 0 Å². The molecule has 1 heterocycles. The van der Waals surface area contributed by atoms with Crippen LogP contribution in [0, 0.1) is 0 Å². The van der Waals surface area contributed by atoms with Crippen LogP contribution in [-0.4, -0.2) is 11.1 Å². The molecule has 0 radical (unpaired) electrons. The molecule has 3 heteroatoms. The van der Waals surface area contributed by atoms with E-state index < -0.39 is 0 Å². The number of esters is 1. The smallest absolute Gasteiger partial charge is 0.339 e. The van der Waals surface area contributed by atoms with Crippen LogP contribution in [-0.2, 0) is 16.0 Å². The molecule has 3 rings (SSSR count). The molecular formula is C18H14O3. The molecule has 0 fully saturated rings. The van der Waals surface area contributed by atoms with Gasteiger partial charge in [-0.3, -0.25) is 0 Å². The minimum atomic E-state index is -0.315. The van der Waals surface area contributed by atoms with Crippen molar-refractivity contribution in [3.8, 4) is 5.75 Å². The number of carbonyl (C=O) groups is 1. The molecular weight excluding hydrogens is 264 g/mol. The predicted octanol–water partition coefficient (Wildman–Crippen LogP) is 3.46. The van der Waals surface area contributed by atoms with Gasteiger partial charge in [-0.05, 0) is 35.4 Å². The molecule has 0 saturated heterocycles. The summed E-state index contributed by atoms with van der Waals surface area (Å²) in [5, 5.41) is 9.43. The number of carbonyl (C=O) groups excluding carboxylic acids is 1. The van der Waals surface area contributed by atoms with Crippen LogP contribution in [0.25, 0.3) is 6.08 Å². The van der Waals surface area contributed by atoms with E-state index in [-0.39, 0.29) is 11.7 Å². The van der Waals surface area contributed by atoms with Crippen LogP contribution in [0.15, 0.2) is 72.0 Å².